The van der Waals surface area contributed by atoms with Crippen LogP contribution in [-0.2, 0) is 9.47 Å². The lowest BCUT2D eigenvalue weighted by Gasteiger charge is -2.36. The first kappa shape index (κ1) is 19.0. The largest absolute Gasteiger partial charge is 0.497 e. The molecule has 1 saturated carbocycles. The van der Waals surface area contributed by atoms with Crippen LogP contribution in [0, 0.1) is 11.3 Å². The van der Waals surface area contributed by atoms with E-state index in [0.717, 1.165) is 23.5 Å². The molecule has 0 amide bonds. The maximum absolute atomic E-state index is 6.34. The average molecular weight is 380 g/mol. The Bertz CT molecular complexity index is 800. The van der Waals surface area contributed by atoms with Gasteiger partial charge in [0.15, 0.2) is 5.79 Å². The fourth-order valence-electron chi connectivity index (χ4n) is 3.50. The van der Waals surface area contributed by atoms with E-state index < -0.39 is 5.79 Å². The van der Waals surface area contributed by atoms with Crippen molar-refractivity contribution in [2.45, 2.75) is 32.2 Å². The Labute approximate surface area is 167 Å². The summed E-state index contributed by atoms with van der Waals surface area (Å²) in [6, 6.07) is 17.9. The summed E-state index contributed by atoms with van der Waals surface area (Å²) < 4.78 is 23.9. The summed E-state index contributed by atoms with van der Waals surface area (Å²) in [5.74, 6) is 1.29. The van der Waals surface area contributed by atoms with Crippen molar-refractivity contribution >= 4 is 6.08 Å². The zero-order chi connectivity index (χ0) is 19.6. The Morgan fingerprint density at radius 2 is 1.61 bits per heavy atom. The van der Waals surface area contributed by atoms with Crippen LogP contribution in [0.15, 0.2) is 60.7 Å². The maximum Gasteiger partial charge on any atom is 0.175 e. The lowest BCUT2D eigenvalue weighted by atomic mass is 9.95. The van der Waals surface area contributed by atoms with E-state index in [1.165, 1.54) is 0 Å². The van der Waals surface area contributed by atoms with Gasteiger partial charge in [0.05, 0.1) is 26.2 Å². The molecule has 1 aliphatic carbocycles. The van der Waals surface area contributed by atoms with Crippen molar-refractivity contribution in [2.24, 2.45) is 11.3 Å². The van der Waals surface area contributed by atoms with E-state index in [4.69, 9.17) is 18.9 Å². The molecule has 4 nitrogen and oxygen atoms in total. The van der Waals surface area contributed by atoms with Crippen LogP contribution in [0.2, 0.25) is 0 Å². The van der Waals surface area contributed by atoms with Crippen LogP contribution in [0.25, 0.3) is 6.08 Å². The lowest BCUT2D eigenvalue weighted by Crippen LogP contribution is -2.41. The molecule has 2 aromatic carbocycles. The lowest BCUT2D eigenvalue weighted by molar-refractivity contribution is -0.252. The van der Waals surface area contributed by atoms with Crippen LogP contribution >= 0.6 is 0 Å². The average Bonchev–Trinajstić information content (AvgIpc) is 3.43. The SMILES string of the molecule is COc1ccc(O[C@@H](/C=C\c2ccccc2)[C@@H]2CC23OCC(C)(C)CO3)cc1. The molecule has 4 heteroatoms. The highest BCUT2D eigenvalue weighted by molar-refractivity contribution is 5.50. The molecule has 1 spiro atoms. The minimum Gasteiger partial charge on any atom is -0.497 e. The second-order valence-electron chi connectivity index (χ2n) is 8.39. The van der Waals surface area contributed by atoms with Gasteiger partial charge in [0.1, 0.15) is 17.6 Å². The number of hydrogen-bond donors (Lipinski definition) is 0. The third kappa shape index (κ3) is 4.23. The molecule has 28 heavy (non-hydrogen) atoms. The van der Waals surface area contributed by atoms with Crippen LogP contribution < -0.4 is 9.47 Å². The molecule has 1 aliphatic heterocycles. The van der Waals surface area contributed by atoms with Gasteiger partial charge >= 0.3 is 0 Å². The van der Waals surface area contributed by atoms with Crippen LogP contribution in [0.3, 0.4) is 0 Å². The normalized spacial score (nSPS) is 23.5. The van der Waals surface area contributed by atoms with Crippen molar-refractivity contribution in [1.82, 2.24) is 0 Å². The third-order valence-electron chi connectivity index (χ3n) is 5.33. The summed E-state index contributed by atoms with van der Waals surface area (Å²) >= 11 is 0. The fraction of sp³-hybridized carbons (Fsp3) is 0.417. The van der Waals surface area contributed by atoms with Crippen molar-refractivity contribution in [3.63, 3.8) is 0 Å². The van der Waals surface area contributed by atoms with E-state index in [1.807, 2.05) is 42.5 Å². The molecule has 0 bridgehead atoms. The first-order valence-electron chi connectivity index (χ1n) is 9.82. The van der Waals surface area contributed by atoms with Gasteiger partial charge in [0.2, 0.25) is 0 Å². The number of ether oxygens (including phenoxy) is 4. The summed E-state index contributed by atoms with van der Waals surface area (Å²) in [6.07, 6.45) is 4.94. The van der Waals surface area contributed by atoms with Crippen molar-refractivity contribution in [3.05, 3.63) is 66.2 Å². The summed E-state index contributed by atoms with van der Waals surface area (Å²) in [4.78, 5) is 0. The molecule has 2 aliphatic rings. The van der Waals surface area contributed by atoms with E-state index in [-0.39, 0.29) is 17.4 Å². The van der Waals surface area contributed by atoms with Gasteiger partial charge in [-0.1, -0.05) is 50.3 Å². The molecule has 0 radical (unpaired) electrons. The highest BCUT2D eigenvalue weighted by atomic mass is 16.7. The number of rotatable bonds is 6. The van der Waals surface area contributed by atoms with Crippen molar-refractivity contribution in [1.29, 1.82) is 0 Å². The minimum atomic E-state index is -0.506. The standard InChI is InChI=1S/C24H28O4/c1-23(2)16-26-24(27-17-23)15-21(24)22(14-9-18-7-5-4-6-8-18)28-20-12-10-19(25-3)11-13-20/h4-14,21-22H,15-17H2,1-3H3/b14-9-/t21-,22-/m0/s1. The van der Waals surface area contributed by atoms with Gasteiger partial charge in [0.25, 0.3) is 0 Å². The molecular formula is C24H28O4. The van der Waals surface area contributed by atoms with Crippen LogP contribution in [-0.4, -0.2) is 32.2 Å². The van der Waals surface area contributed by atoms with Crippen LogP contribution in [0.4, 0.5) is 0 Å². The number of hydrogen-bond acceptors (Lipinski definition) is 4. The zero-order valence-electron chi connectivity index (χ0n) is 16.8. The van der Waals surface area contributed by atoms with Gasteiger partial charge in [-0.15, -0.1) is 0 Å². The fourth-order valence-corrected chi connectivity index (χ4v) is 3.50. The first-order valence-corrected chi connectivity index (χ1v) is 9.82. The second-order valence-corrected chi connectivity index (χ2v) is 8.39. The predicted octanol–water partition coefficient (Wildman–Crippen LogP) is 4.95. The second kappa shape index (κ2) is 7.61. The van der Waals surface area contributed by atoms with Gasteiger partial charge in [0, 0.05) is 11.8 Å². The Kier molecular flexibility index (Phi) is 5.17. The topological polar surface area (TPSA) is 36.9 Å². The van der Waals surface area contributed by atoms with Crippen LogP contribution in [0.5, 0.6) is 11.5 Å². The molecular weight excluding hydrogens is 352 g/mol. The Hall–Kier alpha value is -2.30. The quantitative estimate of drug-likeness (QED) is 0.711. The Morgan fingerprint density at radius 3 is 2.25 bits per heavy atom. The van der Waals surface area contributed by atoms with E-state index in [2.05, 4.69) is 38.1 Å². The highest BCUT2D eigenvalue weighted by Crippen LogP contribution is 2.54. The summed E-state index contributed by atoms with van der Waals surface area (Å²) in [5.41, 5.74) is 1.21. The van der Waals surface area contributed by atoms with E-state index in [1.54, 1.807) is 7.11 Å². The van der Waals surface area contributed by atoms with Crippen molar-refractivity contribution in [3.8, 4) is 11.5 Å². The van der Waals surface area contributed by atoms with E-state index >= 15 is 0 Å². The molecule has 2 atom stereocenters. The summed E-state index contributed by atoms with van der Waals surface area (Å²) in [5, 5.41) is 0. The van der Waals surface area contributed by atoms with E-state index in [9.17, 15) is 0 Å². The predicted molar refractivity (Wildman–Crippen MR) is 109 cm³/mol. The van der Waals surface area contributed by atoms with Gasteiger partial charge in [-0.2, -0.15) is 0 Å². The van der Waals surface area contributed by atoms with E-state index in [0.29, 0.717) is 13.2 Å². The molecule has 2 fully saturated rings. The van der Waals surface area contributed by atoms with Gasteiger partial charge < -0.3 is 18.9 Å². The highest BCUT2D eigenvalue weighted by Gasteiger charge is 2.63. The van der Waals surface area contributed by atoms with Crippen molar-refractivity contribution < 1.29 is 18.9 Å². The number of benzene rings is 2. The molecule has 4 rings (SSSR count). The third-order valence-corrected chi connectivity index (χ3v) is 5.33. The summed E-state index contributed by atoms with van der Waals surface area (Å²) in [7, 11) is 1.66. The molecule has 0 aromatic heterocycles. The minimum absolute atomic E-state index is 0.0601. The molecule has 2 aromatic rings. The molecule has 1 heterocycles. The zero-order valence-corrected chi connectivity index (χ0v) is 16.8. The maximum atomic E-state index is 6.34. The first-order chi connectivity index (χ1) is 13.5. The Morgan fingerprint density at radius 1 is 0.964 bits per heavy atom. The molecule has 0 unspecified atom stereocenters. The van der Waals surface area contributed by atoms with Gasteiger partial charge in [-0.25, -0.2) is 0 Å². The monoisotopic (exact) mass is 380 g/mol. The number of methoxy groups -OCH3 is 1. The van der Waals surface area contributed by atoms with Gasteiger partial charge in [-0.3, -0.25) is 0 Å². The molecule has 1 saturated heterocycles. The molecule has 148 valence electrons. The van der Waals surface area contributed by atoms with Gasteiger partial charge in [-0.05, 0) is 35.9 Å². The van der Waals surface area contributed by atoms with Crippen molar-refractivity contribution in [2.75, 3.05) is 20.3 Å². The molecule has 0 N–H and O–H groups in total. The van der Waals surface area contributed by atoms with Crippen LogP contribution in [0.1, 0.15) is 25.8 Å². The smallest absolute Gasteiger partial charge is 0.175 e. The Balaban J connectivity index is 1.51. The summed E-state index contributed by atoms with van der Waals surface area (Å²) in [6.45, 7) is 5.75.